The highest BCUT2D eigenvalue weighted by Gasteiger charge is 2.61. The van der Waals surface area contributed by atoms with E-state index in [1.165, 1.54) is 7.05 Å². The van der Waals surface area contributed by atoms with Gasteiger partial charge in [-0.1, -0.05) is 18.2 Å². The minimum atomic E-state index is -1.22. The van der Waals surface area contributed by atoms with E-state index in [4.69, 9.17) is 0 Å². The van der Waals surface area contributed by atoms with Gasteiger partial charge < -0.3 is 4.90 Å². The van der Waals surface area contributed by atoms with Crippen LogP contribution in [0.4, 0.5) is 10.5 Å². The van der Waals surface area contributed by atoms with Crippen LogP contribution in [0.25, 0.3) is 0 Å². The van der Waals surface area contributed by atoms with Crippen molar-refractivity contribution in [3.05, 3.63) is 29.8 Å². The molecular weight excluding hydrogens is 314 g/mol. The molecule has 3 aliphatic rings. The third kappa shape index (κ3) is 1.86. The molecule has 120 valence electrons. The molecule has 1 N–H and O–H groups in total. The molecule has 0 radical (unpaired) electrons. The van der Waals surface area contributed by atoms with Crippen molar-refractivity contribution in [3.8, 4) is 0 Å². The number of carbonyl (C=O) groups is 3. The molecule has 1 aromatic rings. The predicted molar refractivity (Wildman–Crippen MR) is 87.3 cm³/mol. The van der Waals surface area contributed by atoms with E-state index < -0.39 is 23.3 Å². The Morgan fingerprint density at radius 1 is 1.26 bits per heavy atom. The minimum absolute atomic E-state index is 0.223. The Bertz CT molecular complexity index is 722. The molecule has 2 saturated heterocycles. The molecule has 0 aromatic heterocycles. The summed E-state index contributed by atoms with van der Waals surface area (Å²) in [5, 5.41) is 2.38. The van der Waals surface area contributed by atoms with E-state index in [1.807, 2.05) is 24.3 Å². The molecule has 4 amide bonds. The van der Waals surface area contributed by atoms with Gasteiger partial charge in [0.05, 0.1) is 6.04 Å². The zero-order valence-electron chi connectivity index (χ0n) is 12.7. The topological polar surface area (TPSA) is 69.7 Å². The molecule has 2 fully saturated rings. The summed E-state index contributed by atoms with van der Waals surface area (Å²) in [5.41, 5.74) is 0.871. The van der Waals surface area contributed by atoms with Gasteiger partial charge in [0.2, 0.25) is 11.8 Å². The number of rotatable bonds is 0. The van der Waals surface area contributed by atoms with Crippen LogP contribution in [-0.4, -0.2) is 53.9 Å². The second kappa shape index (κ2) is 4.99. The molecule has 0 saturated carbocycles. The van der Waals surface area contributed by atoms with Gasteiger partial charge in [0.25, 0.3) is 0 Å². The number of urea groups is 1. The number of thioether (sulfide) groups is 1. The fourth-order valence-electron chi connectivity index (χ4n) is 3.89. The SMILES string of the molecule is CN1C(=O)NC(=O)[C@@]2(Cc3ccccc3N3CCSC[C@@H]32)C1=O. The van der Waals surface area contributed by atoms with E-state index in [0.29, 0.717) is 12.2 Å². The Kier molecular flexibility index (Phi) is 3.16. The maximum Gasteiger partial charge on any atom is 0.330 e. The lowest BCUT2D eigenvalue weighted by atomic mass is 9.69. The molecule has 2 atom stereocenters. The zero-order valence-corrected chi connectivity index (χ0v) is 13.6. The van der Waals surface area contributed by atoms with Crippen molar-refractivity contribution in [2.24, 2.45) is 5.41 Å². The van der Waals surface area contributed by atoms with Gasteiger partial charge in [-0.3, -0.25) is 19.8 Å². The molecule has 3 heterocycles. The van der Waals surface area contributed by atoms with Gasteiger partial charge >= 0.3 is 6.03 Å². The summed E-state index contributed by atoms with van der Waals surface area (Å²) in [5.74, 6) is 0.817. The van der Waals surface area contributed by atoms with Crippen LogP contribution in [0, 0.1) is 5.41 Å². The van der Waals surface area contributed by atoms with Crippen molar-refractivity contribution >= 4 is 35.3 Å². The molecule has 7 heteroatoms. The average molecular weight is 331 g/mol. The second-order valence-electron chi connectivity index (χ2n) is 6.18. The molecule has 1 spiro atoms. The van der Waals surface area contributed by atoms with Crippen molar-refractivity contribution in [1.82, 2.24) is 10.2 Å². The number of nitrogens with zero attached hydrogens (tertiary/aromatic N) is 2. The molecule has 0 bridgehead atoms. The fraction of sp³-hybridized carbons (Fsp3) is 0.438. The summed E-state index contributed by atoms with van der Waals surface area (Å²) in [7, 11) is 1.44. The van der Waals surface area contributed by atoms with Gasteiger partial charge in [0, 0.05) is 30.8 Å². The van der Waals surface area contributed by atoms with Crippen molar-refractivity contribution in [2.45, 2.75) is 12.5 Å². The number of hydrogen-bond donors (Lipinski definition) is 1. The highest BCUT2D eigenvalue weighted by molar-refractivity contribution is 7.99. The van der Waals surface area contributed by atoms with Crippen LogP contribution in [0.3, 0.4) is 0 Å². The Balaban J connectivity index is 1.89. The van der Waals surface area contributed by atoms with Gasteiger partial charge in [0.1, 0.15) is 0 Å². The Hall–Kier alpha value is -2.02. The van der Waals surface area contributed by atoms with Crippen LogP contribution in [-0.2, 0) is 16.0 Å². The number of para-hydroxylation sites is 1. The van der Waals surface area contributed by atoms with Gasteiger partial charge in [-0.15, -0.1) is 0 Å². The molecule has 0 aliphatic carbocycles. The normalized spacial score (nSPS) is 30.1. The summed E-state index contributed by atoms with van der Waals surface area (Å²) in [6, 6.07) is 7.05. The van der Waals surface area contributed by atoms with Gasteiger partial charge in [-0.25, -0.2) is 4.79 Å². The monoisotopic (exact) mass is 331 g/mol. The van der Waals surface area contributed by atoms with Crippen LogP contribution in [0.1, 0.15) is 5.56 Å². The highest BCUT2D eigenvalue weighted by Crippen LogP contribution is 2.46. The van der Waals surface area contributed by atoms with E-state index in [1.54, 1.807) is 11.8 Å². The van der Waals surface area contributed by atoms with Crippen LogP contribution in [0.5, 0.6) is 0 Å². The van der Waals surface area contributed by atoms with E-state index in [0.717, 1.165) is 28.4 Å². The van der Waals surface area contributed by atoms with Crippen molar-refractivity contribution in [2.75, 3.05) is 30.0 Å². The lowest BCUT2D eigenvalue weighted by Gasteiger charge is -2.53. The van der Waals surface area contributed by atoms with Crippen LogP contribution < -0.4 is 10.2 Å². The molecule has 3 aliphatic heterocycles. The first-order chi connectivity index (χ1) is 11.1. The number of nitrogens with one attached hydrogen (secondary N) is 1. The number of hydrogen-bond acceptors (Lipinski definition) is 5. The molecule has 1 aromatic carbocycles. The van der Waals surface area contributed by atoms with E-state index in [-0.39, 0.29) is 6.04 Å². The lowest BCUT2D eigenvalue weighted by molar-refractivity contribution is -0.152. The number of barbiturate groups is 1. The fourth-order valence-corrected chi connectivity index (χ4v) is 5.07. The Labute approximate surface area is 138 Å². The maximum absolute atomic E-state index is 13.0. The Morgan fingerprint density at radius 2 is 2.04 bits per heavy atom. The van der Waals surface area contributed by atoms with Crippen molar-refractivity contribution < 1.29 is 14.4 Å². The zero-order chi connectivity index (χ0) is 16.2. The maximum atomic E-state index is 13.0. The highest BCUT2D eigenvalue weighted by atomic mass is 32.2. The van der Waals surface area contributed by atoms with Crippen LogP contribution >= 0.6 is 11.8 Å². The van der Waals surface area contributed by atoms with Gasteiger partial charge in [-0.05, 0) is 18.1 Å². The standard InChI is InChI=1S/C16H17N3O3S/c1-18-14(21)16(13(20)17-15(18)22)8-10-4-2-3-5-11(10)19-6-7-23-9-12(16)19/h2-5,12H,6-9H2,1H3,(H,17,20,22)/t12-,16+/m1/s1. The number of carbonyl (C=O) groups excluding carboxylic acids is 3. The first-order valence-corrected chi connectivity index (χ1v) is 8.77. The average Bonchev–Trinajstić information content (AvgIpc) is 2.58. The number of benzene rings is 1. The summed E-state index contributed by atoms with van der Waals surface area (Å²) in [6.45, 7) is 0.798. The number of amides is 4. The third-order valence-corrected chi connectivity index (χ3v) is 6.11. The predicted octanol–water partition coefficient (Wildman–Crippen LogP) is 0.859. The summed E-state index contributed by atoms with van der Waals surface area (Å²) in [4.78, 5) is 40.8. The largest absolute Gasteiger partial charge is 0.365 e. The first kappa shape index (κ1) is 14.6. The van der Waals surface area contributed by atoms with Gasteiger partial charge in [-0.2, -0.15) is 11.8 Å². The number of fused-ring (bicyclic) bond motifs is 4. The van der Waals surface area contributed by atoms with E-state index >= 15 is 0 Å². The number of imide groups is 2. The van der Waals surface area contributed by atoms with Crippen LogP contribution in [0.2, 0.25) is 0 Å². The lowest BCUT2D eigenvalue weighted by Crippen LogP contribution is -2.72. The molecule has 23 heavy (non-hydrogen) atoms. The number of anilines is 1. The van der Waals surface area contributed by atoms with E-state index in [9.17, 15) is 14.4 Å². The summed E-state index contributed by atoms with van der Waals surface area (Å²) < 4.78 is 0. The molecule has 4 rings (SSSR count). The molecule has 6 nitrogen and oxygen atoms in total. The summed E-state index contributed by atoms with van der Waals surface area (Å²) in [6.07, 6.45) is 0.340. The smallest absolute Gasteiger partial charge is 0.330 e. The second-order valence-corrected chi connectivity index (χ2v) is 7.33. The first-order valence-electron chi connectivity index (χ1n) is 7.61. The van der Waals surface area contributed by atoms with Crippen LogP contribution in [0.15, 0.2) is 24.3 Å². The minimum Gasteiger partial charge on any atom is -0.365 e. The summed E-state index contributed by atoms with van der Waals surface area (Å²) >= 11 is 1.75. The Morgan fingerprint density at radius 3 is 2.87 bits per heavy atom. The molecular formula is C16H17N3O3S. The van der Waals surface area contributed by atoms with Crippen molar-refractivity contribution in [3.63, 3.8) is 0 Å². The van der Waals surface area contributed by atoms with E-state index in [2.05, 4.69) is 10.2 Å². The quantitative estimate of drug-likeness (QED) is 0.714. The van der Waals surface area contributed by atoms with Crippen molar-refractivity contribution in [1.29, 1.82) is 0 Å². The van der Waals surface area contributed by atoms with Gasteiger partial charge in [0.15, 0.2) is 5.41 Å². The molecule has 0 unspecified atom stereocenters. The third-order valence-electron chi connectivity index (χ3n) is 5.08.